The number of rotatable bonds is 7. The Morgan fingerprint density at radius 2 is 1.73 bits per heavy atom. The molecule has 1 aromatic heterocycles. The molecular formula is C30H24N2O6S2. The molecule has 0 radical (unpaired) electrons. The number of aromatic amines is 1. The SMILES string of the molecule is CCOC(=O)c1ccc(N2C(=O)C3Sc4[nH]c(=O)sc4[C@H](c4cccc(OCc5ccccc5)c4)C3C2=O)cc1. The van der Waals surface area contributed by atoms with Crippen molar-refractivity contribution in [1.82, 2.24) is 4.98 Å². The maximum Gasteiger partial charge on any atom is 0.338 e. The van der Waals surface area contributed by atoms with Crippen molar-refractivity contribution in [2.45, 2.75) is 29.7 Å². The van der Waals surface area contributed by atoms with Gasteiger partial charge in [-0.05, 0) is 54.4 Å². The van der Waals surface area contributed by atoms with Crippen LogP contribution in [0.15, 0.2) is 88.7 Å². The number of imide groups is 1. The number of hydrogen-bond acceptors (Lipinski definition) is 8. The Hall–Kier alpha value is -4.15. The summed E-state index contributed by atoms with van der Waals surface area (Å²) >= 11 is 2.28. The number of amides is 2. The van der Waals surface area contributed by atoms with Gasteiger partial charge in [0.15, 0.2) is 0 Å². The minimum absolute atomic E-state index is 0.231. The van der Waals surface area contributed by atoms with E-state index < -0.39 is 23.1 Å². The summed E-state index contributed by atoms with van der Waals surface area (Å²) in [5, 5.41) is -0.105. The molecule has 2 aliphatic heterocycles. The molecule has 1 N–H and O–H groups in total. The van der Waals surface area contributed by atoms with Gasteiger partial charge in [-0.3, -0.25) is 14.4 Å². The van der Waals surface area contributed by atoms with Crippen LogP contribution in [0.4, 0.5) is 5.69 Å². The number of H-pyrrole nitrogens is 1. The van der Waals surface area contributed by atoms with E-state index in [2.05, 4.69) is 4.98 Å². The lowest BCUT2D eigenvalue weighted by Gasteiger charge is -2.30. The third-order valence-electron chi connectivity index (χ3n) is 6.93. The van der Waals surface area contributed by atoms with Gasteiger partial charge in [0.05, 0.1) is 28.8 Å². The van der Waals surface area contributed by atoms with Crippen molar-refractivity contribution in [3.05, 3.63) is 110 Å². The molecule has 2 unspecified atom stereocenters. The second-order valence-corrected chi connectivity index (χ2v) is 11.5. The van der Waals surface area contributed by atoms with E-state index in [9.17, 15) is 19.2 Å². The molecule has 3 atom stereocenters. The highest BCUT2D eigenvalue weighted by atomic mass is 32.2. The fourth-order valence-electron chi connectivity index (χ4n) is 5.13. The van der Waals surface area contributed by atoms with Gasteiger partial charge in [0.1, 0.15) is 17.6 Å². The van der Waals surface area contributed by atoms with Gasteiger partial charge in [-0.15, -0.1) is 0 Å². The van der Waals surface area contributed by atoms with Gasteiger partial charge in [-0.2, -0.15) is 0 Å². The summed E-state index contributed by atoms with van der Waals surface area (Å²) in [7, 11) is 0. The molecule has 2 aliphatic rings. The van der Waals surface area contributed by atoms with Gasteiger partial charge in [0, 0.05) is 10.8 Å². The molecule has 1 saturated heterocycles. The van der Waals surface area contributed by atoms with Crippen LogP contribution in [-0.2, 0) is 20.9 Å². The molecule has 2 amide bonds. The number of ether oxygens (including phenoxy) is 2. The third-order valence-corrected chi connectivity index (χ3v) is 9.33. The zero-order chi connectivity index (χ0) is 27.8. The number of thiazole rings is 1. The standard InChI is InChI=1S/C30H24N2O6S2/c1-2-37-29(35)18-11-13-20(14-12-18)32-27(33)23-22(24-26(31-30(36)40-24)39-25(23)28(32)34)19-9-6-10-21(15-19)38-16-17-7-4-3-5-8-17/h3-15,22-23,25H,2,16H2,1H3,(H,31,36)/t22-,23?,25?/m1/s1. The number of fused-ring (bicyclic) bond motifs is 2. The quantitative estimate of drug-likeness (QED) is 0.246. The second-order valence-electron chi connectivity index (χ2n) is 9.38. The Morgan fingerprint density at radius 3 is 2.48 bits per heavy atom. The number of nitrogens with zero attached hydrogens (tertiary/aromatic N) is 1. The van der Waals surface area contributed by atoms with Gasteiger partial charge >= 0.3 is 10.8 Å². The van der Waals surface area contributed by atoms with Crippen LogP contribution in [0.2, 0.25) is 0 Å². The van der Waals surface area contributed by atoms with Crippen molar-refractivity contribution in [3.63, 3.8) is 0 Å². The predicted molar refractivity (Wildman–Crippen MR) is 152 cm³/mol. The molecule has 0 saturated carbocycles. The van der Waals surface area contributed by atoms with Crippen molar-refractivity contribution in [2.75, 3.05) is 11.5 Å². The van der Waals surface area contributed by atoms with Crippen molar-refractivity contribution in [2.24, 2.45) is 5.92 Å². The molecule has 0 aliphatic carbocycles. The minimum atomic E-state index is -0.717. The van der Waals surface area contributed by atoms with Gasteiger partial charge < -0.3 is 14.5 Å². The van der Waals surface area contributed by atoms with E-state index in [1.165, 1.54) is 16.7 Å². The molecule has 4 aromatic rings. The second kappa shape index (κ2) is 10.8. The first-order valence-corrected chi connectivity index (χ1v) is 14.5. The number of thioether (sulfide) groups is 1. The number of carbonyl (C=O) groups excluding carboxylic acids is 3. The summed E-state index contributed by atoms with van der Waals surface area (Å²) in [6.45, 7) is 2.35. The van der Waals surface area contributed by atoms with Crippen molar-refractivity contribution in [3.8, 4) is 5.75 Å². The van der Waals surface area contributed by atoms with Crippen LogP contribution in [0.3, 0.4) is 0 Å². The topological polar surface area (TPSA) is 106 Å². The molecule has 3 aromatic carbocycles. The molecule has 8 nitrogen and oxygen atoms in total. The predicted octanol–water partition coefficient (Wildman–Crippen LogP) is 4.99. The molecule has 0 spiro atoms. The van der Waals surface area contributed by atoms with Gasteiger partial charge in [0.25, 0.3) is 0 Å². The zero-order valence-electron chi connectivity index (χ0n) is 21.4. The monoisotopic (exact) mass is 572 g/mol. The number of aromatic nitrogens is 1. The minimum Gasteiger partial charge on any atom is -0.489 e. The zero-order valence-corrected chi connectivity index (χ0v) is 23.0. The summed E-state index contributed by atoms with van der Waals surface area (Å²) in [4.78, 5) is 56.6. The van der Waals surface area contributed by atoms with E-state index in [4.69, 9.17) is 9.47 Å². The summed E-state index contributed by atoms with van der Waals surface area (Å²) in [6.07, 6.45) is 0. The van der Waals surface area contributed by atoms with Crippen LogP contribution < -0.4 is 14.5 Å². The molecule has 40 heavy (non-hydrogen) atoms. The van der Waals surface area contributed by atoms with Gasteiger partial charge in [-0.25, -0.2) is 9.69 Å². The fourth-order valence-corrected chi connectivity index (χ4v) is 7.65. The van der Waals surface area contributed by atoms with Crippen LogP contribution in [0.1, 0.15) is 39.2 Å². The fraction of sp³-hybridized carbons (Fsp3) is 0.200. The van der Waals surface area contributed by atoms with Crippen molar-refractivity contribution < 1.29 is 23.9 Å². The molecule has 10 heteroatoms. The van der Waals surface area contributed by atoms with E-state index in [0.717, 1.165) is 27.3 Å². The normalized spacial score (nSPS) is 19.7. The highest BCUT2D eigenvalue weighted by Gasteiger charge is 2.56. The van der Waals surface area contributed by atoms with Crippen molar-refractivity contribution >= 4 is 46.6 Å². The van der Waals surface area contributed by atoms with Gasteiger partial charge in [-0.1, -0.05) is 65.6 Å². The molecule has 202 valence electrons. The van der Waals surface area contributed by atoms with E-state index in [1.54, 1.807) is 31.2 Å². The first-order chi connectivity index (χ1) is 19.4. The Bertz CT molecular complexity index is 1650. The van der Waals surface area contributed by atoms with Crippen LogP contribution in [0, 0.1) is 5.92 Å². The summed E-state index contributed by atoms with van der Waals surface area (Å²) in [6, 6.07) is 23.5. The smallest absolute Gasteiger partial charge is 0.338 e. The summed E-state index contributed by atoms with van der Waals surface area (Å²) in [5.74, 6) is -1.78. The highest BCUT2D eigenvalue weighted by molar-refractivity contribution is 8.00. The van der Waals surface area contributed by atoms with E-state index in [1.807, 2.05) is 54.6 Å². The number of hydrogen-bond donors (Lipinski definition) is 1. The molecule has 6 rings (SSSR count). The number of benzene rings is 3. The van der Waals surface area contributed by atoms with Crippen LogP contribution in [0.25, 0.3) is 0 Å². The third kappa shape index (κ3) is 4.73. The molecule has 1 fully saturated rings. The molecular weight excluding hydrogens is 548 g/mol. The first-order valence-electron chi connectivity index (χ1n) is 12.8. The number of carbonyl (C=O) groups is 3. The molecule has 3 heterocycles. The largest absolute Gasteiger partial charge is 0.489 e. The maximum absolute atomic E-state index is 14.0. The lowest BCUT2D eigenvalue weighted by Crippen LogP contribution is -2.32. The lowest BCUT2D eigenvalue weighted by atomic mass is 9.83. The molecule has 0 bridgehead atoms. The van der Waals surface area contributed by atoms with E-state index in [-0.39, 0.29) is 23.3 Å². The average Bonchev–Trinajstić information content (AvgIpc) is 3.46. The Kier molecular flexibility index (Phi) is 7.03. The Morgan fingerprint density at radius 1 is 0.950 bits per heavy atom. The van der Waals surface area contributed by atoms with E-state index >= 15 is 0 Å². The highest BCUT2D eigenvalue weighted by Crippen LogP contribution is 2.53. The number of esters is 1. The summed E-state index contributed by atoms with van der Waals surface area (Å²) < 4.78 is 11.1. The van der Waals surface area contributed by atoms with Crippen LogP contribution >= 0.6 is 23.1 Å². The van der Waals surface area contributed by atoms with Crippen molar-refractivity contribution in [1.29, 1.82) is 0 Å². The lowest BCUT2D eigenvalue weighted by molar-refractivity contribution is -0.122. The Labute approximate surface area is 237 Å². The first kappa shape index (κ1) is 26.1. The number of anilines is 1. The summed E-state index contributed by atoms with van der Waals surface area (Å²) in [5.41, 5.74) is 2.53. The van der Waals surface area contributed by atoms with Gasteiger partial charge in [0.2, 0.25) is 11.8 Å². The number of nitrogens with one attached hydrogen (secondary N) is 1. The van der Waals surface area contributed by atoms with Crippen LogP contribution in [0.5, 0.6) is 5.75 Å². The Balaban J connectivity index is 1.34. The van der Waals surface area contributed by atoms with E-state index in [0.29, 0.717) is 28.6 Å². The van der Waals surface area contributed by atoms with Crippen LogP contribution in [-0.4, -0.2) is 34.6 Å². The maximum atomic E-state index is 14.0. The average molecular weight is 573 g/mol.